The normalized spacial score (nSPS) is 16.7. The number of hydrogen-bond acceptors (Lipinski definition) is 7. The summed E-state index contributed by atoms with van der Waals surface area (Å²) in [6.45, 7) is 6.27. The Kier molecular flexibility index (Phi) is 11.3. The smallest absolute Gasteiger partial charge is 0.305 e. The van der Waals surface area contributed by atoms with Gasteiger partial charge in [-0.05, 0) is 68.5 Å². The highest BCUT2D eigenvalue weighted by Gasteiger charge is 2.48. The highest BCUT2D eigenvalue weighted by Crippen LogP contribution is 2.47. The van der Waals surface area contributed by atoms with Gasteiger partial charge in [0.2, 0.25) is 11.6 Å². The van der Waals surface area contributed by atoms with Gasteiger partial charge in [0.05, 0.1) is 27.5 Å². The number of ether oxygens (including phenoxy) is 1. The molecule has 0 fully saturated rings. The van der Waals surface area contributed by atoms with Gasteiger partial charge in [-0.1, -0.05) is 37.1 Å². The lowest BCUT2D eigenvalue weighted by atomic mass is 9.75. The van der Waals surface area contributed by atoms with Crippen LogP contribution in [0.4, 0.5) is 11.4 Å². The standard InChI is InChI=1S/C34H40N2O6S2/c1-4-42-32(38)17-9-6-11-21-34(3)29-18-19-30-28(20-24-43-30)33(29)36(23-13-25-44(39,40)41)31(34)16-10-12-22-35(26(2)37)27-14-7-5-8-15-27/h5,7-8,10,12,14-16,18-20,22,24H,4,6,9,11,13,17,21,23,25H2,1-3H3. The molecule has 0 radical (unpaired) electrons. The van der Waals surface area contributed by atoms with Crippen LogP contribution in [0.1, 0.15) is 64.9 Å². The molecule has 1 aliphatic heterocycles. The largest absolute Gasteiger partial charge is 0.748 e. The topological polar surface area (TPSA) is 107 Å². The summed E-state index contributed by atoms with van der Waals surface area (Å²) in [4.78, 5) is 25.8. The predicted octanol–water partition coefficient (Wildman–Crippen LogP) is 6.83. The second-order valence-corrected chi connectivity index (χ2v) is 13.5. The number of unbranched alkanes of at least 4 members (excludes halogenated alkanes) is 2. The van der Waals surface area contributed by atoms with Crippen molar-refractivity contribution < 1.29 is 31.9 Å². The van der Waals surface area contributed by atoms with Crippen LogP contribution in [-0.2, 0) is 29.9 Å². The second kappa shape index (κ2) is 14.9. The number of carbonyl (C=O) groups is 2. The maximum Gasteiger partial charge on any atom is 0.305 e. The van der Waals surface area contributed by atoms with Crippen molar-refractivity contribution in [1.82, 2.24) is 0 Å². The van der Waals surface area contributed by atoms with Crippen molar-refractivity contribution in [2.75, 3.05) is 23.8 Å². The molecule has 2 heterocycles. The predicted molar refractivity (Wildman–Crippen MR) is 176 cm³/mol. The maximum atomic E-state index is 12.4. The lowest BCUT2D eigenvalue weighted by molar-refractivity contribution is -0.435. The summed E-state index contributed by atoms with van der Waals surface area (Å²) >= 11 is 1.65. The van der Waals surface area contributed by atoms with Crippen molar-refractivity contribution in [1.29, 1.82) is 0 Å². The molecule has 44 heavy (non-hydrogen) atoms. The lowest BCUT2D eigenvalue weighted by Crippen LogP contribution is -2.31. The van der Waals surface area contributed by atoms with Crippen LogP contribution in [0.15, 0.2) is 78.3 Å². The minimum Gasteiger partial charge on any atom is -0.748 e. The fourth-order valence-electron chi connectivity index (χ4n) is 5.89. The maximum absolute atomic E-state index is 12.4. The zero-order valence-corrected chi connectivity index (χ0v) is 27.2. The highest BCUT2D eigenvalue weighted by molar-refractivity contribution is 7.85. The Labute approximate surface area is 264 Å². The second-order valence-electron chi connectivity index (χ2n) is 11.1. The van der Waals surface area contributed by atoms with E-state index in [1.54, 1.807) is 29.4 Å². The van der Waals surface area contributed by atoms with E-state index in [2.05, 4.69) is 35.1 Å². The van der Waals surface area contributed by atoms with Crippen molar-refractivity contribution in [3.05, 3.63) is 83.9 Å². The number of nitrogens with zero attached hydrogens (tertiary/aromatic N) is 2. The Morgan fingerprint density at radius 1 is 1.05 bits per heavy atom. The Hall–Kier alpha value is -3.60. The molecule has 234 valence electrons. The third-order valence-electron chi connectivity index (χ3n) is 7.94. The van der Waals surface area contributed by atoms with E-state index in [1.165, 1.54) is 6.92 Å². The molecule has 8 nitrogen and oxygen atoms in total. The molecular weight excluding hydrogens is 597 g/mol. The molecule has 1 aliphatic rings. The Morgan fingerprint density at radius 2 is 1.82 bits per heavy atom. The van der Waals surface area contributed by atoms with Crippen molar-refractivity contribution in [2.24, 2.45) is 0 Å². The first-order valence-electron chi connectivity index (χ1n) is 15.0. The van der Waals surface area contributed by atoms with Crippen LogP contribution in [0.2, 0.25) is 0 Å². The molecule has 3 aromatic rings. The molecule has 10 heteroatoms. The average Bonchev–Trinajstić information content (AvgIpc) is 3.54. The summed E-state index contributed by atoms with van der Waals surface area (Å²) in [6.07, 6.45) is 11.4. The number of fused-ring (bicyclic) bond motifs is 3. The lowest BCUT2D eigenvalue weighted by Gasteiger charge is -2.22. The first-order valence-corrected chi connectivity index (χ1v) is 17.5. The summed E-state index contributed by atoms with van der Waals surface area (Å²) in [5.41, 5.74) is 3.55. The van der Waals surface area contributed by atoms with Gasteiger partial charge in [0.15, 0.2) is 5.71 Å². The summed E-state index contributed by atoms with van der Waals surface area (Å²) in [5, 5.41) is 3.14. The van der Waals surface area contributed by atoms with Gasteiger partial charge < -0.3 is 9.29 Å². The van der Waals surface area contributed by atoms with Gasteiger partial charge in [0, 0.05) is 53.7 Å². The molecule has 0 N–H and O–H groups in total. The van der Waals surface area contributed by atoms with E-state index in [0.29, 0.717) is 19.6 Å². The molecule has 0 bridgehead atoms. The molecule has 0 spiro atoms. The van der Waals surface area contributed by atoms with E-state index >= 15 is 0 Å². The number of amides is 1. The Morgan fingerprint density at radius 3 is 2.52 bits per heavy atom. The zero-order chi connectivity index (χ0) is 31.7. The van der Waals surface area contributed by atoms with Gasteiger partial charge in [0.1, 0.15) is 6.54 Å². The van der Waals surface area contributed by atoms with E-state index in [9.17, 15) is 22.6 Å². The number of carbonyl (C=O) groups excluding carboxylic acids is 2. The third kappa shape index (κ3) is 8.11. The molecule has 4 rings (SSSR count). The summed E-state index contributed by atoms with van der Waals surface area (Å²) in [5.74, 6) is -0.735. The molecular formula is C34H40N2O6S2. The van der Waals surface area contributed by atoms with Crippen LogP contribution in [0, 0.1) is 0 Å². The minimum absolute atomic E-state index is 0.116. The van der Waals surface area contributed by atoms with Gasteiger partial charge in [-0.3, -0.25) is 14.5 Å². The first-order chi connectivity index (χ1) is 21.0. The highest BCUT2D eigenvalue weighted by atomic mass is 32.2. The summed E-state index contributed by atoms with van der Waals surface area (Å²) in [6, 6.07) is 15.8. The van der Waals surface area contributed by atoms with Gasteiger partial charge in [-0.2, -0.15) is 4.58 Å². The first kappa shape index (κ1) is 33.3. The number of rotatable bonds is 15. The Bertz CT molecular complexity index is 1670. The number of esters is 1. The van der Waals surface area contributed by atoms with E-state index in [1.807, 2.05) is 48.6 Å². The zero-order valence-electron chi connectivity index (χ0n) is 25.5. The number of thiophene rings is 1. The molecule has 1 unspecified atom stereocenters. The molecule has 0 saturated heterocycles. The number of benzene rings is 2. The minimum atomic E-state index is -4.36. The SMILES string of the molecule is CCOC(=O)CCCCCC1(C)C(/C=C/C=C/N(C(C)=O)c2ccccc2)=[N+](CCCS(=O)(=O)[O-])c2c1ccc1sccc21. The van der Waals surface area contributed by atoms with E-state index in [0.717, 1.165) is 58.4 Å². The van der Waals surface area contributed by atoms with Crippen LogP contribution >= 0.6 is 11.3 Å². The molecule has 1 aromatic heterocycles. The van der Waals surface area contributed by atoms with E-state index < -0.39 is 21.3 Å². The van der Waals surface area contributed by atoms with Crippen LogP contribution in [0.25, 0.3) is 10.1 Å². The average molecular weight is 637 g/mol. The fourth-order valence-corrected chi connectivity index (χ4v) is 7.16. The molecule has 1 atom stereocenters. The van der Waals surface area contributed by atoms with Crippen molar-refractivity contribution >= 4 is 60.5 Å². The molecule has 1 amide bonds. The van der Waals surface area contributed by atoms with Gasteiger partial charge in [-0.15, -0.1) is 11.3 Å². The number of anilines is 1. The monoisotopic (exact) mass is 636 g/mol. The van der Waals surface area contributed by atoms with Gasteiger partial charge in [0.25, 0.3) is 0 Å². The molecule has 0 saturated carbocycles. The quantitative estimate of drug-likeness (QED) is 0.0595. The number of allylic oxidation sites excluding steroid dienone is 3. The van der Waals surface area contributed by atoms with E-state index in [4.69, 9.17) is 4.74 Å². The molecule has 2 aromatic carbocycles. The summed E-state index contributed by atoms with van der Waals surface area (Å²) in [7, 11) is -4.36. The van der Waals surface area contributed by atoms with Crippen LogP contribution in [0.5, 0.6) is 0 Å². The Balaban J connectivity index is 1.70. The molecule has 0 aliphatic carbocycles. The third-order valence-corrected chi connectivity index (χ3v) is 9.61. The van der Waals surface area contributed by atoms with Crippen molar-refractivity contribution in [3.63, 3.8) is 0 Å². The van der Waals surface area contributed by atoms with Crippen molar-refractivity contribution in [2.45, 2.75) is 64.7 Å². The number of para-hydroxylation sites is 1. The summed E-state index contributed by atoms with van der Waals surface area (Å²) < 4.78 is 42.9. The van der Waals surface area contributed by atoms with Crippen LogP contribution in [-0.4, -0.2) is 54.0 Å². The van der Waals surface area contributed by atoms with Crippen LogP contribution in [0.3, 0.4) is 0 Å². The van der Waals surface area contributed by atoms with Gasteiger partial charge >= 0.3 is 5.97 Å². The van der Waals surface area contributed by atoms with Crippen LogP contribution < -0.4 is 4.90 Å². The van der Waals surface area contributed by atoms with E-state index in [-0.39, 0.29) is 18.3 Å². The van der Waals surface area contributed by atoms with Crippen molar-refractivity contribution in [3.8, 4) is 0 Å². The fraction of sp³-hybridized carbons (Fsp3) is 0.382. The number of hydrogen-bond donors (Lipinski definition) is 0. The van der Waals surface area contributed by atoms with Gasteiger partial charge in [-0.25, -0.2) is 8.42 Å².